The molecule has 0 radical (unpaired) electrons. The van der Waals surface area contributed by atoms with Gasteiger partial charge in [0.2, 0.25) is 0 Å². The molecule has 0 bridgehead atoms. The second-order valence-corrected chi connectivity index (χ2v) is 6.71. The SMILES string of the molecule is COC1CCC=C(CC/C=C(\C)CCC2=CC(=O)CCC2)C1. The lowest BCUT2D eigenvalue weighted by Gasteiger charge is -2.21. The van der Waals surface area contributed by atoms with Crippen LogP contribution in [0.5, 0.6) is 0 Å². The number of methoxy groups -OCH3 is 1. The van der Waals surface area contributed by atoms with E-state index in [0.29, 0.717) is 11.9 Å². The Morgan fingerprint density at radius 3 is 2.95 bits per heavy atom. The summed E-state index contributed by atoms with van der Waals surface area (Å²) in [5.74, 6) is 0.319. The molecule has 0 saturated heterocycles. The summed E-state index contributed by atoms with van der Waals surface area (Å²) < 4.78 is 5.47. The maximum absolute atomic E-state index is 11.4. The zero-order valence-electron chi connectivity index (χ0n) is 14.2. The van der Waals surface area contributed by atoms with Gasteiger partial charge in [0.05, 0.1) is 6.10 Å². The predicted molar refractivity (Wildman–Crippen MR) is 91.9 cm³/mol. The number of hydrogen-bond acceptors (Lipinski definition) is 2. The van der Waals surface area contributed by atoms with E-state index in [-0.39, 0.29) is 0 Å². The van der Waals surface area contributed by atoms with Gasteiger partial charge in [-0.1, -0.05) is 28.9 Å². The summed E-state index contributed by atoms with van der Waals surface area (Å²) >= 11 is 0. The Hall–Kier alpha value is -1.15. The third-order valence-electron chi connectivity index (χ3n) is 4.83. The van der Waals surface area contributed by atoms with Crippen molar-refractivity contribution in [1.82, 2.24) is 0 Å². The van der Waals surface area contributed by atoms with Crippen LogP contribution >= 0.6 is 0 Å². The normalized spacial score (nSPS) is 23.3. The zero-order chi connectivity index (χ0) is 15.8. The summed E-state index contributed by atoms with van der Waals surface area (Å²) in [4.78, 5) is 11.4. The van der Waals surface area contributed by atoms with Gasteiger partial charge in [-0.05, 0) is 70.8 Å². The Balaban J connectivity index is 1.69. The molecule has 0 fully saturated rings. The quantitative estimate of drug-likeness (QED) is 0.597. The van der Waals surface area contributed by atoms with Gasteiger partial charge in [0.1, 0.15) is 0 Å². The van der Waals surface area contributed by atoms with Crippen LogP contribution in [0.2, 0.25) is 0 Å². The van der Waals surface area contributed by atoms with Crippen LogP contribution in [0.25, 0.3) is 0 Å². The summed E-state index contributed by atoms with van der Waals surface area (Å²) in [5.41, 5.74) is 4.36. The number of carbonyl (C=O) groups is 1. The van der Waals surface area contributed by atoms with E-state index in [0.717, 1.165) is 44.9 Å². The lowest BCUT2D eigenvalue weighted by Crippen LogP contribution is -2.14. The van der Waals surface area contributed by atoms with Crippen molar-refractivity contribution in [3.05, 3.63) is 34.9 Å². The van der Waals surface area contributed by atoms with Crippen molar-refractivity contribution in [3.63, 3.8) is 0 Å². The largest absolute Gasteiger partial charge is 0.381 e. The minimum Gasteiger partial charge on any atom is -0.381 e. The van der Waals surface area contributed by atoms with Crippen molar-refractivity contribution in [1.29, 1.82) is 0 Å². The molecule has 0 spiro atoms. The van der Waals surface area contributed by atoms with Crippen LogP contribution in [-0.4, -0.2) is 19.0 Å². The highest BCUT2D eigenvalue weighted by molar-refractivity contribution is 5.91. The molecule has 0 amide bonds. The zero-order valence-corrected chi connectivity index (χ0v) is 14.2. The van der Waals surface area contributed by atoms with Gasteiger partial charge in [-0.15, -0.1) is 0 Å². The fourth-order valence-electron chi connectivity index (χ4n) is 3.38. The lowest BCUT2D eigenvalue weighted by molar-refractivity contribution is -0.115. The van der Waals surface area contributed by atoms with Gasteiger partial charge in [-0.3, -0.25) is 4.79 Å². The molecule has 0 aromatic rings. The molecule has 22 heavy (non-hydrogen) atoms. The minimum atomic E-state index is 0.319. The van der Waals surface area contributed by atoms with E-state index in [1.807, 2.05) is 13.2 Å². The Bertz CT molecular complexity index is 468. The second-order valence-electron chi connectivity index (χ2n) is 6.71. The van der Waals surface area contributed by atoms with Crippen LogP contribution in [0, 0.1) is 0 Å². The van der Waals surface area contributed by atoms with E-state index in [2.05, 4.69) is 19.1 Å². The molecule has 0 aliphatic heterocycles. The molecule has 2 aliphatic rings. The number of allylic oxidation sites excluding steroid dienone is 5. The molecular formula is C20H30O2. The average molecular weight is 302 g/mol. The molecule has 2 aliphatic carbocycles. The first-order valence-electron chi connectivity index (χ1n) is 8.76. The Labute approximate surface area is 135 Å². The monoisotopic (exact) mass is 302 g/mol. The molecule has 0 aromatic carbocycles. The summed E-state index contributed by atoms with van der Waals surface area (Å²) in [7, 11) is 1.82. The number of ketones is 1. The molecule has 122 valence electrons. The smallest absolute Gasteiger partial charge is 0.155 e. The number of rotatable bonds is 7. The standard InChI is InChI=1S/C20H30O2/c1-16(12-13-18-8-4-10-19(21)14-18)6-3-7-17-9-5-11-20(15-17)22-2/h6,9,14,20H,3-5,7-8,10-13,15H2,1-2H3/b16-6+. The van der Waals surface area contributed by atoms with E-state index in [1.54, 1.807) is 5.57 Å². The Kier molecular flexibility index (Phi) is 7.11. The highest BCUT2D eigenvalue weighted by atomic mass is 16.5. The van der Waals surface area contributed by atoms with Gasteiger partial charge >= 0.3 is 0 Å². The van der Waals surface area contributed by atoms with Gasteiger partial charge in [0, 0.05) is 13.5 Å². The first-order valence-corrected chi connectivity index (χ1v) is 8.76. The number of hydrogen-bond donors (Lipinski definition) is 0. The van der Waals surface area contributed by atoms with Crippen LogP contribution in [0.3, 0.4) is 0 Å². The molecule has 2 nitrogen and oxygen atoms in total. The van der Waals surface area contributed by atoms with Crippen LogP contribution in [0.4, 0.5) is 0 Å². The topological polar surface area (TPSA) is 26.3 Å². The van der Waals surface area contributed by atoms with E-state index in [4.69, 9.17) is 4.74 Å². The van der Waals surface area contributed by atoms with E-state index >= 15 is 0 Å². The summed E-state index contributed by atoms with van der Waals surface area (Å²) in [6.45, 7) is 2.22. The summed E-state index contributed by atoms with van der Waals surface area (Å²) in [5, 5.41) is 0. The first kappa shape index (κ1) is 17.2. The third kappa shape index (κ3) is 5.92. The minimum absolute atomic E-state index is 0.319. The second kappa shape index (κ2) is 9.09. The molecule has 0 saturated carbocycles. The van der Waals surface area contributed by atoms with Gasteiger partial charge in [0.25, 0.3) is 0 Å². The molecule has 0 heterocycles. The number of ether oxygens (including phenoxy) is 1. The highest BCUT2D eigenvalue weighted by Crippen LogP contribution is 2.25. The Morgan fingerprint density at radius 1 is 1.32 bits per heavy atom. The molecule has 2 heteroatoms. The molecular weight excluding hydrogens is 272 g/mol. The van der Waals surface area contributed by atoms with Gasteiger partial charge in [-0.25, -0.2) is 0 Å². The predicted octanol–water partition coefficient (Wildman–Crippen LogP) is 5.30. The first-order chi connectivity index (χ1) is 10.7. The van der Waals surface area contributed by atoms with Gasteiger partial charge in [0.15, 0.2) is 5.78 Å². The molecule has 0 aromatic heterocycles. The molecule has 1 atom stereocenters. The fourth-order valence-corrected chi connectivity index (χ4v) is 3.38. The van der Waals surface area contributed by atoms with E-state index in [9.17, 15) is 4.79 Å². The van der Waals surface area contributed by atoms with Crippen molar-refractivity contribution >= 4 is 5.78 Å². The van der Waals surface area contributed by atoms with Crippen molar-refractivity contribution in [2.45, 2.75) is 77.2 Å². The maximum Gasteiger partial charge on any atom is 0.155 e. The lowest BCUT2D eigenvalue weighted by atomic mass is 9.92. The third-order valence-corrected chi connectivity index (χ3v) is 4.83. The van der Waals surface area contributed by atoms with Crippen LogP contribution < -0.4 is 0 Å². The van der Waals surface area contributed by atoms with Crippen LogP contribution in [0.15, 0.2) is 34.9 Å². The van der Waals surface area contributed by atoms with Crippen LogP contribution in [0.1, 0.15) is 71.1 Å². The summed E-state index contributed by atoms with van der Waals surface area (Å²) in [6.07, 6.45) is 17.9. The maximum atomic E-state index is 11.4. The Morgan fingerprint density at radius 2 is 2.18 bits per heavy atom. The molecule has 2 rings (SSSR count). The number of carbonyl (C=O) groups excluding carboxylic acids is 1. The van der Waals surface area contributed by atoms with Crippen molar-refractivity contribution < 1.29 is 9.53 Å². The fraction of sp³-hybridized carbons (Fsp3) is 0.650. The van der Waals surface area contributed by atoms with Gasteiger partial charge in [-0.2, -0.15) is 0 Å². The highest BCUT2D eigenvalue weighted by Gasteiger charge is 2.14. The summed E-state index contributed by atoms with van der Waals surface area (Å²) in [6, 6.07) is 0. The van der Waals surface area contributed by atoms with Crippen molar-refractivity contribution in [2.75, 3.05) is 7.11 Å². The van der Waals surface area contributed by atoms with E-state index in [1.165, 1.54) is 30.4 Å². The van der Waals surface area contributed by atoms with Crippen molar-refractivity contribution in [2.24, 2.45) is 0 Å². The van der Waals surface area contributed by atoms with Crippen LogP contribution in [-0.2, 0) is 9.53 Å². The molecule has 1 unspecified atom stereocenters. The average Bonchev–Trinajstić information content (AvgIpc) is 2.53. The van der Waals surface area contributed by atoms with Crippen molar-refractivity contribution in [3.8, 4) is 0 Å². The van der Waals surface area contributed by atoms with E-state index < -0.39 is 0 Å². The van der Waals surface area contributed by atoms with Gasteiger partial charge < -0.3 is 4.74 Å². The molecule has 0 N–H and O–H groups in total.